The highest BCUT2D eigenvalue weighted by atomic mass is 79.9. The highest BCUT2D eigenvalue weighted by molar-refractivity contribution is 9.10. The highest BCUT2D eigenvalue weighted by Gasteiger charge is 2.33. The topological polar surface area (TPSA) is 88.4 Å². The SMILES string of the molecule is Cl.NC[C@H]1CC[C@@H](C(=O)NC2CC(c3cc(Br)ccc3Cl)NN2)O1. The Hall–Kier alpha value is -0.410. The molecule has 2 saturated heterocycles. The van der Waals surface area contributed by atoms with Crippen molar-refractivity contribution in [3.05, 3.63) is 33.3 Å². The zero-order valence-electron chi connectivity index (χ0n) is 12.9. The molecule has 1 aromatic carbocycles. The molecule has 2 heterocycles. The van der Waals surface area contributed by atoms with Gasteiger partial charge in [-0.25, -0.2) is 10.9 Å². The molecule has 24 heavy (non-hydrogen) atoms. The molecule has 0 aliphatic carbocycles. The van der Waals surface area contributed by atoms with Crippen molar-refractivity contribution in [1.82, 2.24) is 16.2 Å². The molecule has 1 aromatic rings. The number of nitrogens with two attached hydrogens (primary N) is 1. The molecular weight excluding hydrogens is 419 g/mol. The van der Waals surface area contributed by atoms with Crippen molar-refractivity contribution in [2.45, 2.75) is 43.7 Å². The van der Waals surface area contributed by atoms with E-state index in [4.69, 9.17) is 22.1 Å². The zero-order chi connectivity index (χ0) is 16.4. The standard InChI is InChI=1S/C15H20BrClN4O2.ClH/c16-8-1-3-11(17)10(5-8)12-6-14(21-20-12)19-15(22)13-4-2-9(7-18)23-13;/h1,3,5,9,12-14,20-21H,2,4,6-7,18H2,(H,19,22);1H/t9-,12?,13+,14?;/m1./s1. The fourth-order valence-electron chi connectivity index (χ4n) is 2.97. The van der Waals surface area contributed by atoms with Crippen LogP contribution >= 0.6 is 39.9 Å². The van der Waals surface area contributed by atoms with E-state index in [9.17, 15) is 4.79 Å². The van der Waals surface area contributed by atoms with Gasteiger partial charge >= 0.3 is 0 Å². The van der Waals surface area contributed by atoms with Crippen LogP contribution in [0, 0.1) is 0 Å². The third-order valence-electron chi connectivity index (χ3n) is 4.22. The van der Waals surface area contributed by atoms with Gasteiger partial charge in [0.05, 0.1) is 18.3 Å². The van der Waals surface area contributed by atoms with Gasteiger partial charge in [0.15, 0.2) is 0 Å². The number of carbonyl (C=O) groups is 1. The third-order valence-corrected chi connectivity index (χ3v) is 5.05. The lowest BCUT2D eigenvalue weighted by molar-refractivity contribution is -0.132. The third kappa shape index (κ3) is 4.60. The summed E-state index contributed by atoms with van der Waals surface area (Å²) >= 11 is 9.71. The lowest BCUT2D eigenvalue weighted by Crippen LogP contribution is -2.48. The maximum absolute atomic E-state index is 12.2. The maximum atomic E-state index is 12.2. The van der Waals surface area contributed by atoms with E-state index in [2.05, 4.69) is 32.1 Å². The Morgan fingerprint density at radius 2 is 2.21 bits per heavy atom. The lowest BCUT2D eigenvalue weighted by Gasteiger charge is -2.16. The van der Waals surface area contributed by atoms with Gasteiger partial charge in [-0.15, -0.1) is 12.4 Å². The first-order chi connectivity index (χ1) is 11.1. The number of hydrogen-bond donors (Lipinski definition) is 4. The smallest absolute Gasteiger partial charge is 0.250 e. The van der Waals surface area contributed by atoms with Gasteiger partial charge < -0.3 is 15.8 Å². The van der Waals surface area contributed by atoms with E-state index in [1.54, 1.807) is 0 Å². The Kier molecular flexibility index (Phi) is 7.30. The summed E-state index contributed by atoms with van der Waals surface area (Å²) in [4.78, 5) is 12.2. The minimum atomic E-state index is -0.404. The summed E-state index contributed by atoms with van der Waals surface area (Å²) in [6.07, 6.45) is 1.68. The zero-order valence-corrected chi connectivity index (χ0v) is 16.1. The number of amides is 1. The van der Waals surface area contributed by atoms with Crippen molar-refractivity contribution >= 4 is 45.8 Å². The molecule has 0 aromatic heterocycles. The second kappa shape index (κ2) is 8.80. The van der Waals surface area contributed by atoms with E-state index in [1.165, 1.54) is 0 Å². The molecular formula is C15H21BrCl2N4O2. The predicted octanol–water partition coefficient (Wildman–Crippen LogP) is 2.01. The number of halogens is 3. The molecule has 2 aliphatic heterocycles. The molecule has 2 fully saturated rings. The first-order valence-electron chi connectivity index (χ1n) is 7.68. The summed E-state index contributed by atoms with van der Waals surface area (Å²) in [6, 6.07) is 5.77. The molecule has 0 bridgehead atoms. The Balaban J connectivity index is 0.00000208. The van der Waals surface area contributed by atoms with E-state index in [1.807, 2.05) is 18.2 Å². The Morgan fingerprint density at radius 3 is 2.92 bits per heavy atom. The maximum Gasteiger partial charge on any atom is 0.250 e. The van der Waals surface area contributed by atoms with Gasteiger partial charge in [0.2, 0.25) is 5.91 Å². The summed E-state index contributed by atoms with van der Waals surface area (Å²) in [6.45, 7) is 0.455. The average Bonchev–Trinajstić information content (AvgIpc) is 3.18. The van der Waals surface area contributed by atoms with Crippen molar-refractivity contribution in [2.24, 2.45) is 5.73 Å². The van der Waals surface area contributed by atoms with E-state index in [0.29, 0.717) is 18.0 Å². The second-order valence-electron chi connectivity index (χ2n) is 5.86. The fraction of sp³-hybridized carbons (Fsp3) is 0.533. The van der Waals surface area contributed by atoms with Crippen molar-refractivity contribution in [2.75, 3.05) is 6.54 Å². The number of ether oxygens (including phenoxy) is 1. The number of nitrogens with one attached hydrogen (secondary N) is 3. The van der Waals surface area contributed by atoms with Crippen LogP contribution in [-0.2, 0) is 9.53 Å². The first kappa shape index (κ1) is 19.9. The largest absolute Gasteiger partial charge is 0.364 e. The van der Waals surface area contributed by atoms with E-state index in [0.717, 1.165) is 22.9 Å². The fourth-order valence-corrected chi connectivity index (χ4v) is 3.60. The van der Waals surface area contributed by atoms with Gasteiger partial charge in [0.25, 0.3) is 0 Å². The Morgan fingerprint density at radius 1 is 1.42 bits per heavy atom. The minimum absolute atomic E-state index is 0. The number of rotatable bonds is 4. The average molecular weight is 440 g/mol. The summed E-state index contributed by atoms with van der Waals surface area (Å²) in [5.41, 5.74) is 12.8. The van der Waals surface area contributed by atoms with Crippen LogP contribution in [0.1, 0.15) is 30.9 Å². The highest BCUT2D eigenvalue weighted by Crippen LogP contribution is 2.30. The normalized spacial score (nSPS) is 29.3. The van der Waals surface area contributed by atoms with E-state index in [-0.39, 0.29) is 36.6 Å². The first-order valence-corrected chi connectivity index (χ1v) is 8.86. The van der Waals surface area contributed by atoms with Gasteiger partial charge in [-0.05, 0) is 36.6 Å². The number of hydrogen-bond acceptors (Lipinski definition) is 5. The molecule has 2 aliphatic rings. The van der Waals surface area contributed by atoms with Gasteiger partial charge in [-0.3, -0.25) is 4.79 Å². The van der Waals surface area contributed by atoms with Crippen LogP contribution < -0.4 is 21.9 Å². The van der Waals surface area contributed by atoms with E-state index >= 15 is 0 Å². The van der Waals surface area contributed by atoms with Crippen LogP contribution in [0.5, 0.6) is 0 Å². The van der Waals surface area contributed by atoms with Crippen molar-refractivity contribution in [3.8, 4) is 0 Å². The monoisotopic (exact) mass is 438 g/mol. The Labute approximate surface area is 160 Å². The van der Waals surface area contributed by atoms with Crippen LogP contribution in [0.4, 0.5) is 0 Å². The molecule has 3 rings (SSSR count). The molecule has 0 radical (unpaired) electrons. The van der Waals surface area contributed by atoms with Crippen LogP contribution in [0.25, 0.3) is 0 Å². The molecule has 5 N–H and O–H groups in total. The summed E-state index contributed by atoms with van der Waals surface area (Å²) in [5, 5.41) is 3.66. The number of benzene rings is 1. The van der Waals surface area contributed by atoms with Crippen molar-refractivity contribution in [3.63, 3.8) is 0 Å². The Bertz CT molecular complexity index is 593. The van der Waals surface area contributed by atoms with Gasteiger partial charge in [0, 0.05) is 22.5 Å². The van der Waals surface area contributed by atoms with Crippen LogP contribution in [-0.4, -0.2) is 30.8 Å². The molecule has 1 amide bonds. The molecule has 0 spiro atoms. The van der Waals surface area contributed by atoms with Crippen LogP contribution in [0.3, 0.4) is 0 Å². The molecule has 134 valence electrons. The number of hydrazine groups is 1. The molecule has 4 atom stereocenters. The van der Waals surface area contributed by atoms with Crippen molar-refractivity contribution < 1.29 is 9.53 Å². The molecule has 6 nitrogen and oxygen atoms in total. The number of carbonyl (C=O) groups excluding carboxylic acids is 1. The van der Waals surface area contributed by atoms with E-state index < -0.39 is 6.10 Å². The quantitative estimate of drug-likeness (QED) is 0.576. The van der Waals surface area contributed by atoms with Crippen LogP contribution in [0.15, 0.2) is 22.7 Å². The van der Waals surface area contributed by atoms with Gasteiger partial charge in [-0.1, -0.05) is 27.5 Å². The lowest BCUT2D eigenvalue weighted by atomic mass is 10.0. The van der Waals surface area contributed by atoms with Crippen LogP contribution in [0.2, 0.25) is 5.02 Å². The van der Waals surface area contributed by atoms with Crippen molar-refractivity contribution in [1.29, 1.82) is 0 Å². The molecule has 9 heteroatoms. The summed E-state index contributed by atoms with van der Waals surface area (Å²) < 4.78 is 6.59. The summed E-state index contributed by atoms with van der Waals surface area (Å²) in [5.74, 6) is -0.0961. The van der Waals surface area contributed by atoms with Gasteiger partial charge in [0.1, 0.15) is 6.10 Å². The second-order valence-corrected chi connectivity index (χ2v) is 7.19. The van der Waals surface area contributed by atoms with Gasteiger partial charge in [-0.2, -0.15) is 0 Å². The molecule has 0 saturated carbocycles. The molecule has 2 unspecified atom stereocenters. The minimum Gasteiger partial charge on any atom is -0.364 e. The predicted molar refractivity (Wildman–Crippen MR) is 98.9 cm³/mol. The summed E-state index contributed by atoms with van der Waals surface area (Å²) in [7, 11) is 0.